The van der Waals surface area contributed by atoms with Gasteiger partial charge in [-0.15, -0.1) is 0 Å². The Morgan fingerprint density at radius 2 is 1.97 bits per heavy atom. The molecule has 1 aromatic heterocycles. The van der Waals surface area contributed by atoms with Crippen molar-refractivity contribution in [2.75, 3.05) is 6.54 Å². The molecule has 31 heavy (non-hydrogen) atoms. The van der Waals surface area contributed by atoms with Gasteiger partial charge < -0.3 is 15.2 Å². The molecule has 11 heteroatoms. The van der Waals surface area contributed by atoms with Gasteiger partial charge in [0.25, 0.3) is 5.56 Å². The highest BCUT2D eigenvalue weighted by Gasteiger charge is 2.36. The maximum atomic E-state index is 12.3. The fourth-order valence-corrected chi connectivity index (χ4v) is 3.83. The van der Waals surface area contributed by atoms with E-state index in [4.69, 9.17) is 27.9 Å². The first-order chi connectivity index (χ1) is 14.7. The van der Waals surface area contributed by atoms with Crippen molar-refractivity contribution < 1.29 is 19.4 Å². The van der Waals surface area contributed by atoms with E-state index in [2.05, 4.69) is 10.3 Å². The number of ketones is 1. The number of hydrogen-bond acceptors (Lipinski definition) is 6. The van der Waals surface area contributed by atoms with Crippen molar-refractivity contribution in [2.24, 2.45) is 0 Å². The highest BCUT2D eigenvalue weighted by Crippen LogP contribution is 2.28. The summed E-state index contributed by atoms with van der Waals surface area (Å²) in [4.78, 5) is 50.3. The van der Waals surface area contributed by atoms with E-state index in [0.717, 1.165) is 10.8 Å². The second-order valence-electron chi connectivity index (χ2n) is 7.10. The van der Waals surface area contributed by atoms with Crippen LogP contribution in [0.1, 0.15) is 41.9 Å². The van der Waals surface area contributed by atoms with Crippen LogP contribution < -0.4 is 16.6 Å². The van der Waals surface area contributed by atoms with Crippen molar-refractivity contribution in [3.8, 4) is 0 Å². The molecule has 1 fully saturated rings. The number of benzene rings is 1. The summed E-state index contributed by atoms with van der Waals surface area (Å²) in [5.41, 5.74) is -1.20. The van der Waals surface area contributed by atoms with Gasteiger partial charge in [0.1, 0.15) is 12.3 Å². The van der Waals surface area contributed by atoms with Crippen molar-refractivity contribution in [3.05, 3.63) is 66.4 Å². The summed E-state index contributed by atoms with van der Waals surface area (Å²) in [5.74, 6) is -0.790. The van der Waals surface area contributed by atoms with Crippen LogP contribution in [0.15, 0.2) is 34.0 Å². The molecule has 3 atom stereocenters. The summed E-state index contributed by atoms with van der Waals surface area (Å²) in [5, 5.41) is 13.7. The molecular formula is C20H21Cl2N3O6. The molecular weight excluding hydrogens is 449 g/mol. The summed E-state index contributed by atoms with van der Waals surface area (Å²) in [7, 11) is 0. The number of aromatic amines is 1. The van der Waals surface area contributed by atoms with Crippen molar-refractivity contribution in [1.82, 2.24) is 14.9 Å². The third kappa shape index (κ3) is 5.24. The number of aromatic nitrogens is 2. The number of carbonyl (C=O) groups is 2. The van der Waals surface area contributed by atoms with Gasteiger partial charge in [0, 0.05) is 35.6 Å². The van der Waals surface area contributed by atoms with E-state index >= 15 is 0 Å². The molecule has 0 radical (unpaired) electrons. The van der Waals surface area contributed by atoms with E-state index in [0.29, 0.717) is 15.6 Å². The number of aliphatic hydroxyl groups excluding tert-OH is 1. The molecule has 0 saturated carbocycles. The van der Waals surface area contributed by atoms with E-state index in [-0.39, 0.29) is 37.3 Å². The third-order valence-electron chi connectivity index (χ3n) is 5.00. The first kappa shape index (κ1) is 23.2. The lowest BCUT2D eigenvalue weighted by Crippen LogP contribution is -2.38. The Bertz CT molecular complexity index is 1090. The molecule has 0 spiro atoms. The maximum Gasteiger partial charge on any atom is 0.330 e. The minimum Gasteiger partial charge on any atom is -0.390 e. The van der Waals surface area contributed by atoms with E-state index in [1.165, 1.54) is 0 Å². The van der Waals surface area contributed by atoms with Crippen molar-refractivity contribution in [2.45, 2.75) is 44.6 Å². The molecule has 0 aliphatic carbocycles. The van der Waals surface area contributed by atoms with Gasteiger partial charge >= 0.3 is 5.69 Å². The van der Waals surface area contributed by atoms with Crippen molar-refractivity contribution in [3.63, 3.8) is 0 Å². The smallest absolute Gasteiger partial charge is 0.330 e. The summed E-state index contributed by atoms with van der Waals surface area (Å²) in [6.45, 7) is 1.58. The fraction of sp³-hybridized carbons (Fsp3) is 0.400. The Morgan fingerprint density at radius 1 is 1.29 bits per heavy atom. The van der Waals surface area contributed by atoms with Gasteiger partial charge in [-0.05, 0) is 17.7 Å². The summed E-state index contributed by atoms with van der Waals surface area (Å²) >= 11 is 12.1. The number of hydrogen-bond donors (Lipinski definition) is 3. The van der Waals surface area contributed by atoms with Crippen LogP contribution in [0.5, 0.6) is 0 Å². The summed E-state index contributed by atoms with van der Waals surface area (Å²) < 4.78 is 6.78. The quantitative estimate of drug-likeness (QED) is 0.525. The zero-order valence-electron chi connectivity index (χ0n) is 16.6. The molecule has 166 valence electrons. The Hall–Kier alpha value is -2.46. The molecule has 2 aromatic rings. The maximum absolute atomic E-state index is 12.3. The van der Waals surface area contributed by atoms with Gasteiger partial charge in [-0.1, -0.05) is 36.2 Å². The number of amides is 1. The lowest BCUT2D eigenvalue weighted by molar-refractivity contribution is -0.121. The second-order valence-corrected chi connectivity index (χ2v) is 7.91. The topological polar surface area (TPSA) is 130 Å². The van der Waals surface area contributed by atoms with Crippen LogP contribution in [0.3, 0.4) is 0 Å². The van der Waals surface area contributed by atoms with Gasteiger partial charge in [-0.25, -0.2) is 4.79 Å². The SMILES string of the molecule is CCC(=O)c1cn([C@H]2C[C@H](O)[C@@H](CNC(=O)Cc3c(Cl)cccc3Cl)O2)c(=O)[nH]c1=O. The van der Waals surface area contributed by atoms with Gasteiger partial charge in [0.15, 0.2) is 5.78 Å². The lowest BCUT2D eigenvalue weighted by atomic mass is 10.1. The molecule has 3 N–H and O–H groups in total. The molecule has 9 nitrogen and oxygen atoms in total. The minimum atomic E-state index is -0.974. The van der Waals surface area contributed by atoms with E-state index in [1.54, 1.807) is 25.1 Å². The Labute approximate surface area is 186 Å². The minimum absolute atomic E-state index is 0.0164. The highest BCUT2D eigenvalue weighted by atomic mass is 35.5. The molecule has 0 bridgehead atoms. The molecule has 3 rings (SSSR count). The Morgan fingerprint density at radius 3 is 2.61 bits per heavy atom. The summed E-state index contributed by atoms with van der Waals surface area (Å²) in [6.07, 6.45) is -1.43. The number of ether oxygens (including phenoxy) is 1. The summed E-state index contributed by atoms with van der Waals surface area (Å²) in [6, 6.07) is 4.93. The lowest BCUT2D eigenvalue weighted by Gasteiger charge is -2.17. The van der Waals surface area contributed by atoms with E-state index in [1.807, 2.05) is 0 Å². The normalized spacial score (nSPS) is 20.6. The number of aliphatic hydroxyl groups is 1. The molecule has 1 aromatic carbocycles. The first-order valence-electron chi connectivity index (χ1n) is 9.63. The van der Waals surface area contributed by atoms with Crippen molar-refractivity contribution in [1.29, 1.82) is 0 Å². The second kappa shape index (κ2) is 9.78. The van der Waals surface area contributed by atoms with Gasteiger partial charge in [0.2, 0.25) is 5.91 Å². The first-order valence-corrected chi connectivity index (χ1v) is 10.4. The monoisotopic (exact) mass is 469 g/mol. The van der Waals surface area contributed by atoms with Crippen LogP contribution >= 0.6 is 23.2 Å². The Kier molecular flexibility index (Phi) is 7.32. The van der Waals surface area contributed by atoms with Crippen LogP contribution in [0, 0.1) is 0 Å². The van der Waals surface area contributed by atoms with Crippen LogP contribution in [-0.2, 0) is 16.0 Å². The predicted octanol–water partition coefficient (Wildman–Crippen LogP) is 1.44. The highest BCUT2D eigenvalue weighted by molar-refractivity contribution is 6.36. The third-order valence-corrected chi connectivity index (χ3v) is 5.71. The van der Waals surface area contributed by atoms with Crippen LogP contribution in [-0.4, -0.2) is 45.1 Å². The zero-order valence-corrected chi connectivity index (χ0v) is 18.1. The largest absolute Gasteiger partial charge is 0.390 e. The Balaban J connectivity index is 1.66. The average Bonchev–Trinajstić information content (AvgIpc) is 3.09. The van der Waals surface area contributed by atoms with Crippen molar-refractivity contribution >= 4 is 34.9 Å². The molecule has 1 aliphatic heterocycles. The molecule has 1 saturated heterocycles. The molecule has 0 unspecified atom stereocenters. The molecule has 1 amide bonds. The van der Waals surface area contributed by atoms with Crippen LogP contribution in [0.25, 0.3) is 0 Å². The van der Waals surface area contributed by atoms with Gasteiger partial charge in [-0.3, -0.25) is 23.9 Å². The number of H-pyrrole nitrogens is 1. The van der Waals surface area contributed by atoms with E-state index < -0.39 is 35.5 Å². The van der Waals surface area contributed by atoms with Gasteiger partial charge in [0.05, 0.1) is 18.1 Å². The van der Waals surface area contributed by atoms with Gasteiger partial charge in [-0.2, -0.15) is 0 Å². The number of nitrogens with zero attached hydrogens (tertiary/aromatic N) is 1. The predicted molar refractivity (Wildman–Crippen MR) is 114 cm³/mol. The number of Topliss-reactive ketones (excluding diaryl/α,β-unsaturated/α-hetero) is 1. The number of carbonyl (C=O) groups excluding carboxylic acids is 2. The average molecular weight is 470 g/mol. The fourth-order valence-electron chi connectivity index (χ4n) is 3.30. The number of nitrogens with one attached hydrogen (secondary N) is 2. The van der Waals surface area contributed by atoms with Crippen LogP contribution in [0.2, 0.25) is 10.0 Å². The zero-order chi connectivity index (χ0) is 22.7. The molecule has 1 aliphatic rings. The molecule has 2 heterocycles. The number of rotatable bonds is 7. The van der Waals surface area contributed by atoms with E-state index in [9.17, 15) is 24.3 Å². The number of halogens is 2. The van der Waals surface area contributed by atoms with Crippen LogP contribution in [0.4, 0.5) is 0 Å². The standard InChI is InChI=1S/C20H21Cl2N3O6/c1-2-14(26)11-9-25(20(30)24-19(11)29)18-7-15(27)16(31-18)8-23-17(28)6-10-12(21)4-3-5-13(10)22/h3-5,9,15-16,18,27H,2,6-8H2,1H3,(H,23,28)(H,24,29,30)/t15-,16+,18+/m0/s1.